The molecule has 0 unspecified atom stereocenters. The van der Waals surface area contributed by atoms with Gasteiger partial charge in [-0.05, 0) is 36.6 Å². The minimum absolute atomic E-state index is 0.674. The van der Waals surface area contributed by atoms with Crippen LogP contribution >= 0.6 is 0 Å². The van der Waals surface area contributed by atoms with E-state index < -0.39 is 0 Å². The molecule has 0 atom stereocenters. The molecule has 0 saturated carbocycles. The predicted molar refractivity (Wildman–Crippen MR) is 65.9 cm³/mol. The van der Waals surface area contributed by atoms with Crippen LogP contribution in [0.4, 0.5) is 0 Å². The summed E-state index contributed by atoms with van der Waals surface area (Å²) in [6.07, 6.45) is 6.94. The van der Waals surface area contributed by atoms with Gasteiger partial charge in [-0.2, -0.15) is 0 Å². The molecule has 0 aliphatic carbocycles. The van der Waals surface area contributed by atoms with Crippen LogP contribution in [0.1, 0.15) is 26.0 Å². The zero-order valence-electron chi connectivity index (χ0n) is 9.69. The lowest BCUT2D eigenvalue weighted by Crippen LogP contribution is -1.85. The third-order valence-electron chi connectivity index (χ3n) is 2.29. The normalized spacial score (nSPS) is 12.6. The van der Waals surface area contributed by atoms with E-state index in [0.29, 0.717) is 5.57 Å². The largest absolute Gasteiger partial charge is 0.464 e. The zero-order valence-corrected chi connectivity index (χ0v) is 9.69. The average molecular weight is 216 g/mol. The molecule has 0 aromatic carbocycles. The molecule has 0 bridgehead atoms. The summed E-state index contributed by atoms with van der Waals surface area (Å²) < 4.78 is 5.34. The summed E-state index contributed by atoms with van der Waals surface area (Å²) >= 11 is 0. The first-order valence-electron chi connectivity index (χ1n) is 5.24. The fourth-order valence-corrected chi connectivity index (χ4v) is 1.25. The molecular formula is C14H16O2. The lowest BCUT2D eigenvalue weighted by molar-refractivity contribution is -0.104. The number of carbonyl (C=O) groups is 1. The van der Waals surface area contributed by atoms with Gasteiger partial charge in [0.1, 0.15) is 12.0 Å². The minimum atomic E-state index is 0.674. The van der Waals surface area contributed by atoms with Crippen LogP contribution in [0, 0.1) is 0 Å². The number of allylic oxidation sites excluding steroid dienone is 5. The Bertz CT molecular complexity index is 420. The quantitative estimate of drug-likeness (QED) is 0.426. The van der Waals surface area contributed by atoms with Crippen molar-refractivity contribution in [3.05, 3.63) is 54.0 Å². The van der Waals surface area contributed by atoms with Gasteiger partial charge < -0.3 is 4.42 Å². The molecule has 0 fully saturated rings. The fourth-order valence-electron chi connectivity index (χ4n) is 1.25. The van der Waals surface area contributed by atoms with Crippen LogP contribution in [0.25, 0.3) is 5.57 Å². The van der Waals surface area contributed by atoms with E-state index in [-0.39, 0.29) is 0 Å². The average Bonchev–Trinajstić information content (AvgIpc) is 2.82. The Balaban J connectivity index is 3.06. The molecule has 16 heavy (non-hydrogen) atoms. The summed E-state index contributed by atoms with van der Waals surface area (Å²) in [5.41, 5.74) is 2.60. The van der Waals surface area contributed by atoms with E-state index in [1.165, 1.54) is 0 Å². The molecule has 1 aromatic rings. The highest BCUT2D eigenvalue weighted by molar-refractivity contribution is 5.79. The second kappa shape index (κ2) is 5.91. The summed E-state index contributed by atoms with van der Waals surface area (Å²) in [5.74, 6) is 0.779. The molecule has 2 nitrogen and oxygen atoms in total. The summed E-state index contributed by atoms with van der Waals surface area (Å²) in [4.78, 5) is 10.5. The monoisotopic (exact) mass is 216 g/mol. The zero-order chi connectivity index (χ0) is 12.0. The Hall–Kier alpha value is -1.83. The fraction of sp³-hybridized carbons (Fsp3) is 0.214. The van der Waals surface area contributed by atoms with Gasteiger partial charge >= 0.3 is 0 Å². The van der Waals surface area contributed by atoms with Crippen molar-refractivity contribution in [1.82, 2.24) is 0 Å². The molecule has 1 heterocycles. The standard InChI is InChI=1S/C14H16O2/c1-4-12(3)13(8-7-11(2)10-15)14-6-5-9-16-14/h5-10H,3-4H2,1-2H3. The maximum absolute atomic E-state index is 10.5. The highest BCUT2D eigenvalue weighted by Crippen LogP contribution is 2.24. The lowest BCUT2D eigenvalue weighted by atomic mass is 10.0. The van der Waals surface area contributed by atoms with Crippen molar-refractivity contribution in [2.45, 2.75) is 20.3 Å². The second-order valence-electron chi connectivity index (χ2n) is 3.54. The first-order valence-corrected chi connectivity index (χ1v) is 5.24. The molecule has 0 radical (unpaired) electrons. The molecule has 2 heteroatoms. The van der Waals surface area contributed by atoms with E-state index in [2.05, 4.69) is 6.58 Å². The van der Waals surface area contributed by atoms with E-state index in [4.69, 9.17) is 4.42 Å². The van der Waals surface area contributed by atoms with Crippen molar-refractivity contribution >= 4 is 11.9 Å². The molecule has 0 amide bonds. The van der Waals surface area contributed by atoms with E-state index in [9.17, 15) is 4.79 Å². The van der Waals surface area contributed by atoms with E-state index in [1.807, 2.05) is 25.1 Å². The Kier molecular flexibility index (Phi) is 4.52. The summed E-state index contributed by atoms with van der Waals surface area (Å²) in [5, 5.41) is 0. The SMILES string of the molecule is C=C(CC)C(=CC=C(C)C=O)c1ccco1. The molecule has 0 saturated heterocycles. The van der Waals surface area contributed by atoms with Crippen LogP contribution < -0.4 is 0 Å². The Morgan fingerprint density at radius 1 is 1.50 bits per heavy atom. The lowest BCUT2D eigenvalue weighted by Gasteiger charge is -2.04. The van der Waals surface area contributed by atoms with Gasteiger partial charge in [0.05, 0.1) is 6.26 Å². The molecule has 0 aliphatic rings. The number of furan rings is 1. The van der Waals surface area contributed by atoms with E-state index in [1.54, 1.807) is 19.3 Å². The topological polar surface area (TPSA) is 30.2 Å². The first kappa shape index (κ1) is 12.2. The molecule has 1 rings (SSSR count). The predicted octanol–water partition coefficient (Wildman–Crippen LogP) is 3.77. The maximum Gasteiger partial charge on any atom is 0.145 e. The Morgan fingerprint density at radius 3 is 2.75 bits per heavy atom. The van der Waals surface area contributed by atoms with Gasteiger partial charge in [0.2, 0.25) is 0 Å². The highest BCUT2D eigenvalue weighted by atomic mass is 16.3. The van der Waals surface area contributed by atoms with Gasteiger partial charge in [0, 0.05) is 5.57 Å². The number of rotatable bonds is 5. The van der Waals surface area contributed by atoms with Crippen LogP contribution in [0.2, 0.25) is 0 Å². The Labute approximate surface area is 96.0 Å². The van der Waals surface area contributed by atoms with Gasteiger partial charge in [0.25, 0.3) is 0 Å². The van der Waals surface area contributed by atoms with Crippen LogP contribution in [0.15, 0.2) is 52.7 Å². The highest BCUT2D eigenvalue weighted by Gasteiger charge is 2.06. The summed E-state index contributed by atoms with van der Waals surface area (Å²) in [7, 11) is 0. The van der Waals surface area contributed by atoms with Crippen molar-refractivity contribution in [3.8, 4) is 0 Å². The van der Waals surface area contributed by atoms with Crippen LogP contribution in [-0.2, 0) is 4.79 Å². The third-order valence-corrected chi connectivity index (χ3v) is 2.29. The summed E-state index contributed by atoms with van der Waals surface area (Å²) in [6, 6.07) is 3.72. The molecule has 0 N–H and O–H groups in total. The van der Waals surface area contributed by atoms with Crippen LogP contribution in [0.5, 0.6) is 0 Å². The second-order valence-corrected chi connectivity index (χ2v) is 3.54. The van der Waals surface area contributed by atoms with Gasteiger partial charge in [-0.15, -0.1) is 0 Å². The number of carbonyl (C=O) groups excluding carboxylic acids is 1. The van der Waals surface area contributed by atoms with Crippen molar-refractivity contribution in [3.63, 3.8) is 0 Å². The van der Waals surface area contributed by atoms with Crippen molar-refractivity contribution in [2.75, 3.05) is 0 Å². The summed E-state index contributed by atoms with van der Waals surface area (Å²) in [6.45, 7) is 7.79. The van der Waals surface area contributed by atoms with Gasteiger partial charge in [-0.25, -0.2) is 0 Å². The molecule has 1 aromatic heterocycles. The van der Waals surface area contributed by atoms with Crippen molar-refractivity contribution < 1.29 is 9.21 Å². The van der Waals surface area contributed by atoms with Crippen LogP contribution in [0.3, 0.4) is 0 Å². The molecule has 0 aliphatic heterocycles. The van der Waals surface area contributed by atoms with Crippen molar-refractivity contribution in [2.24, 2.45) is 0 Å². The van der Waals surface area contributed by atoms with Gasteiger partial charge in [-0.1, -0.05) is 25.7 Å². The van der Waals surface area contributed by atoms with E-state index in [0.717, 1.165) is 29.6 Å². The Morgan fingerprint density at radius 2 is 2.25 bits per heavy atom. The number of aldehydes is 1. The van der Waals surface area contributed by atoms with E-state index >= 15 is 0 Å². The van der Waals surface area contributed by atoms with Crippen molar-refractivity contribution in [1.29, 1.82) is 0 Å². The van der Waals surface area contributed by atoms with Gasteiger partial charge in [0.15, 0.2) is 0 Å². The smallest absolute Gasteiger partial charge is 0.145 e. The molecule has 84 valence electrons. The first-order chi connectivity index (χ1) is 7.69. The molecule has 0 spiro atoms. The number of hydrogen-bond donors (Lipinski definition) is 0. The molecular weight excluding hydrogens is 200 g/mol. The number of hydrogen-bond acceptors (Lipinski definition) is 2. The third kappa shape index (κ3) is 3.09. The van der Waals surface area contributed by atoms with Gasteiger partial charge in [-0.3, -0.25) is 4.79 Å². The van der Waals surface area contributed by atoms with Crippen LogP contribution in [-0.4, -0.2) is 6.29 Å². The minimum Gasteiger partial charge on any atom is -0.464 e. The maximum atomic E-state index is 10.5.